The number of piperidine rings is 1. The summed E-state index contributed by atoms with van der Waals surface area (Å²) in [5, 5.41) is 7.44. The van der Waals surface area contributed by atoms with E-state index in [0.29, 0.717) is 24.7 Å². The van der Waals surface area contributed by atoms with Crippen LogP contribution >= 0.6 is 0 Å². The fraction of sp³-hybridized carbons (Fsp3) is 0.292. The maximum Gasteiger partial charge on any atom is 0.271 e. The molecule has 8 heteroatoms. The second-order valence-electron chi connectivity index (χ2n) is 7.65. The van der Waals surface area contributed by atoms with E-state index < -0.39 is 0 Å². The smallest absolute Gasteiger partial charge is 0.271 e. The van der Waals surface area contributed by atoms with Gasteiger partial charge < -0.3 is 15.0 Å². The predicted molar refractivity (Wildman–Crippen MR) is 121 cm³/mol. The van der Waals surface area contributed by atoms with E-state index in [9.17, 15) is 14.0 Å². The molecular formula is C24H25FN4O3. The van der Waals surface area contributed by atoms with Crippen LogP contribution in [0.5, 0.6) is 5.75 Å². The third-order valence-electron chi connectivity index (χ3n) is 5.41. The van der Waals surface area contributed by atoms with Crippen LogP contribution in [0.3, 0.4) is 0 Å². The van der Waals surface area contributed by atoms with Crippen molar-refractivity contribution in [2.45, 2.75) is 19.8 Å². The van der Waals surface area contributed by atoms with Crippen molar-refractivity contribution < 1.29 is 13.9 Å². The number of nitrogens with zero attached hydrogens (tertiary/aromatic N) is 3. The normalized spacial score (nSPS) is 15.9. The van der Waals surface area contributed by atoms with Crippen molar-refractivity contribution in [2.75, 3.05) is 29.9 Å². The molecule has 1 unspecified atom stereocenters. The van der Waals surface area contributed by atoms with Gasteiger partial charge in [-0.2, -0.15) is 4.68 Å². The molecule has 1 amide bonds. The lowest BCUT2D eigenvalue weighted by Gasteiger charge is -2.32. The van der Waals surface area contributed by atoms with Crippen molar-refractivity contribution in [2.24, 2.45) is 5.92 Å². The quantitative estimate of drug-likeness (QED) is 0.639. The Morgan fingerprint density at radius 1 is 1.12 bits per heavy atom. The zero-order valence-electron chi connectivity index (χ0n) is 17.8. The van der Waals surface area contributed by atoms with E-state index in [1.54, 1.807) is 6.07 Å². The molecule has 7 nitrogen and oxygen atoms in total. The number of ether oxygens (including phenoxy) is 1. The molecule has 32 heavy (non-hydrogen) atoms. The Morgan fingerprint density at radius 2 is 1.88 bits per heavy atom. The minimum Gasteiger partial charge on any atom is -0.494 e. The summed E-state index contributed by atoms with van der Waals surface area (Å²) in [7, 11) is 0. The predicted octanol–water partition coefficient (Wildman–Crippen LogP) is 3.63. The van der Waals surface area contributed by atoms with Gasteiger partial charge in [0.25, 0.3) is 5.56 Å². The Bertz CT molecular complexity index is 1130. The van der Waals surface area contributed by atoms with E-state index in [2.05, 4.69) is 10.4 Å². The van der Waals surface area contributed by atoms with E-state index >= 15 is 0 Å². The van der Waals surface area contributed by atoms with Crippen LogP contribution in [0.15, 0.2) is 65.5 Å². The summed E-state index contributed by atoms with van der Waals surface area (Å²) in [5.74, 6) is 0.730. The molecule has 1 atom stereocenters. The van der Waals surface area contributed by atoms with Gasteiger partial charge in [0, 0.05) is 24.8 Å². The number of anilines is 2. The van der Waals surface area contributed by atoms with Crippen LogP contribution < -0.4 is 20.5 Å². The van der Waals surface area contributed by atoms with Crippen LogP contribution in [0, 0.1) is 11.7 Å². The molecule has 0 radical (unpaired) electrons. The molecule has 2 aromatic carbocycles. The highest BCUT2D eigenvalue weighted by molar-refractivity contribution is 5.93. The van der Waals surface area contributed by atoms with Crippen molar-refractivity contribution in [1.29, 1.82) is 0 Å². The minimum absolute atomic E-state index is 0.0503. The van der Waals surface area contributed by atoms with Gasteiger partial charge in [-0.15, -0.1) is 5.10 Å². The van der Waals surface area contributed by atoms with Crippen LogP contribution in [0.25, 0.3) is 5.69 Å². The molecule has 4 rings (SSSR count). The fourth-order valence-electron chi connectivity index (χ4n) is 3.78. The molecule has 1 aliphatic heterocycles. The third-order valence-corrected chi connectivity index (χ3v) is 5.41. The van der Waals surface area contributed by atoms with E-state index in [-0.39, 0.29) is 23.2 Å². The first kappa shape index (κ1) is 21.5. The molecule has 1 aromatic heterocycles. The molecule has 1 saturated heterocycles. The molecule has 1 N–H and O–H groups in total. The zero-order chi connectivity index (χ0) is 22.5. The summed E-state index contributed by atoms with van der Waals surface area (Å²) in [4.78, 5) is 27.2. The number of hydrogen-bond acceptors (Lipinski definition) is 5. The minimum atomic E-state index is -0.379. The Morgan fingerprint density at radius 3 is 2.59 bits per heavy atom. The van der Waals surface area contributed by atoms with Gasteiger partial charge in [-0.3, -0.25) is 9.59 Å². The molecule has 0 bridgehead atoms. The number of aromatic nitrogens is 2. The number of amides is 1. The average Bonchev–Trinajstić information content (AvgIpc) is 2.81. The monoisotopic (exact) mass is 436 g/mol. The lowest BCUT2D eigenvalue weighted by atomic mass is 9.97. The van der Waals surface area contributed by atoms with Crippen LogP contribution in [0.1, 0.15) is 19.8 Å². The molecule has 1 aliphatic rings. The largest absolute Gasteiger partial charge is 0.494 e. The fourth-order valence-corrected chi connectivity index (χ4v) is 3.78. The first-order valence-corrected chi connectivity index (χ1v) is 10.7. The summed E-state index contributed by atoms with van der Waals surface area (Å²) in [6, 6.07) is 16.0. The number of benzene rings is 2. The van der Waals surface area contributed by atoms with Gasteiger partial charge >= 0.3 is 0 Å². The van der Waals surface area contributed by atoms with Gasteiger partial charge in [0.2, 0.25) is 5.91 Å². The van der Waals surface area contributed by atoms with Crippen LogP contribution in [-0.2, 0) is 4.79 Å². The molecule has 0 spiro atoms. The second-order valence-corrected chi connectivity index (χ2v) is 7.65. The number of carbonyl (C=O) groups is 1. The average molecular weight is 436 g/mol. The van der Waals surface area contributed by atoms with Gasteiger partial charge in [-0.1, -0.05) is 0 Å². The van der Waals surface area contributed by atoms with Gasteiger partial charge in [0.05, 0.1) is 18.2 Å². The summed E-state index contributed by atoms with van der Waals surface area (Å²) in [6.07, 6.45) is 1.61. The highest BCUT2D eigenvalue weighted by Gasteiger charge is 2.27. The van der Waals surface area contributed by atoms with E-state index in [0.717, 1.165) is 30.8 Å². The first-order chi connectivity index (χ1) is 15.5. The second kappa shape index (κ2) is 9.64. The van der Waals surface area contributed by atoms with E-state index in [1.165, 1.54) is 35.0 Å². The number of rotatable bonds is 6. The SMILES string of the molecule is CCOc1ccc(NC(=O)C2CCCN(c3ccc(=O)n(-c4ccc(F)cc4)n3)C2)cc1. The van der Waals surface area contributed by atoms with Crippen molar-refractivity contribution >= 4 is 17.4 Å². The molecule has 0 aliphatic carbocycles. The number of hydrogen-bond donors (Lipinski definition) is 1. The standard InChI is InChI=1S/C24H25FN4O3/c1-2-32-21-11-7-19(8-12-21)26-24(31)17-4-3-15-28(16-17)22-13-14-23(30)29(27-22)20-9-5-18(25)6-10-20/h5-14,17H,2-4,15-16H2,1H3,(H,26,31). The molecule has 2 heterocycles. The summed E-state index contributed by atoms with van der Waals surface area (Å²) < 4.78 is 19.9. The Balaban J connectivity index is 1.46. The number of carbonyl (C=O) groups excluding carboxylic acids is 1. The highest BCUT2D eigenvalue weighted by Crippen LogP contribution is 2.23. The summed E-state index contributed by atoms with van der Waals surface area (Å²) in [5.41, 5.74) is 0.903. The Hall–Kier alpha value is -3.68. The molecule has 1 fully saturated rings. The van der Waals surface area contributed by atoms with Crippen molar-refractivity contribution in [3.63, 3.8) is 0 Å². The number of halogens is 1. The summed E-state index contributed by atoms with van der Waals surface area (Å²) >= 11 is 0. The lowest BCUT2D eigenvalue weighted by molar-refractivity contribution is -0.120. The maximum atomic E-state index is 13.2. The van der Waals surface area contributed by atoms with E-state index in [4.69, 9.17) is 4.74 Å². The molecule has 166 valence electrons. The van der Waals surface area contributed by atoms with Crippen LogP contribution in [0.2, 0.25) is 0 Å². The lowest BCUT2D eigenvalue weighted by Crippen LogP contribution is -2.41. The van der Waals surface area contributed by atoms with Crippen molar-refractivity contribution in [3.8, 4) is 11.4 Å². The van der Waals surface area contributed by atoms with Crippen LogP contribution in [-0.4, -0.2) is 35.4 Å². The van der Waals surface area contributed by atoms with Gasteiger partial charge in [-0.25, -0.2) is 4.39 Å². The van der Waals surface area contributed by atoms with Crippen molar-refractivity contribution in [3.05, 3.63) is 76.8 Å². The Labute approximate surface area is 185 Å². The zero-order valence-corrected chi connectivity index (χ0v) is 17.8. The maximum absolute atomic E-state index is 13.2. The van der Waals surface area contributed by atoms with Gasteiger partial charge in [-0.05, 0) is 74.4 Å². The van der Waals surface area contributed by atoms with Crippen LogP contribution in [0.4, 0.5) is 15.9 Å². The Kier molecular flexibility index (Phi) is 6.49. The highest BCUT2D eigenvalue weighted by atomic mass is 19.1. The molecule has 3 aromatic rings. The van der Waals surface area contributed by atoms with Gasteiger partial charge in [0.1, 0.15) is 17.4 Å². The summed E-state index contributed by atoms with van der Waals surface area (Å²) in [6.45, 7) is 3.75. The molecule has 0 saturated carbocycles. The first-order valence-electron chi connectivity index (χ1n) is 10.7. The van der Waals surface area contributed by atoms with E-state index in [1.807, 2.05) is 36.1 Å². The molecular weight excluding hydrogens is 411 g/mol. The van der Waals surface area contributed by atoms with Crippen molar-refractivity contribution in [1.82, 2.24) is 9.78 Å². The number of nitrogens with one attached hydrogen (secondary N) is 1. The van der Waals surface area contributed by atoms with Gasteiger partial charge in [0.15, 0.2) is 0 Å². The topological polar surface area (TPSA) is 76.5 Å². The third kappa shape index (κ3) is 4.96.